The highest BCUT2D eigenvalue weighted by atomic mass is 35.5. The van der Waals surface area contributed by atoms with E-state index in [1.165, 1.54) is 48.9 Å². The zero-order valence-electron chi connectivity index (χ0n) is 12.2. The predicted octanol–water partition coefficient (Wildman–Crippen LogP) is 5.50. The van der Waals surface area contributed by atoms with Gasteiger partial charge in [-0.25, -0.2) is 0 Å². The minimum Gasteiger partial charge on any atom is -0.252 e. The number of aryl methyl sites for hydroxylation is 2. The summed E-state index contributed by atoms with van der Waals surface area (Å²) in [5, 5.41) is 2.12. The van der Waals surface area contributed by atoms with E-state index in [2.05, 4.69) is 25.1 Å². The van der Waals surface area contributed by atoms with Gasteiger partial charge in [0.15, 0.2) is 0 Å². The predicted molar refractivity (Wildman–Crippen MR) is 86.6 cm³/mol. The third kappa shape index (κ3) is 2.69. The summed E-state index contributed by atoms with van der Waals surface area (Å²) in [6, 6.07) is 6.62. The Morgan fingerprint density at radius 2 is 2.00 bits per heavy atom. The SMILES string of the molecule is CCCCc1ccc2nc3c(c(Cl)c2c1)CCCCC3. The molecule has 1 aromatic carbocycles. The van der Waals surface area contributed by atoms with E-state index in [-0.39, 0.29) is 0 Å². The van der Waals surface area contributed by atoms with Crippen LogP contribution in [-0.4, -0.2) is 4.98 Å². The van der Waals surface area contributed by atoms with Crippen LogP contribution in [0.25, 0.3) is 10.9 Å². The number of unbranched alkanes of at least 4 members (excludes halogenated alkanes) is 1. The van der Waals surface area contributed by atoms with Crippen molar-refractivity contribution in [1.82, 2.24) is 4.98 Å². The van der Waals surface area contributed by atoms with E-state index in [0.29, 0.717) is 0 Å². The molecule has 2 aromatic rings. The summed E-state index contributed by atoms with van der Waals surface area (Å²) in [7, 11) is 0. The number of fused-ring (bicyclic) bond motifs is 2. The van der Waals surface area contributed by atoms with Gasteiger partial charge in [-0.05, 0) is 61.8 Å². The van der Waals surface area contributed by atoms with Gasteiger partial charge in [0.25, 0.3) is 0 Å². The second-order valence-electron chi connectivity index (χ2n) is 5.87. The maximum absolute atomic E-state index is 6.70. The molecule has 0 unspecified atom stereocenters. The summed E-state index contributed by atoms with van der Waals surface area (Å²) >= 11 is 6.70. The summed E-state index contributed by atoms with van der Waals surface area (Å²) in [4.78, 5) is 4.87. The van der Waals surface area contributed by atoms with Crippen LogP contribution >= 0.6 is 11.6 Å². The van der Waals surface area contributed by atoms with Gasteiger partial charge in [0, 0.05) is 11.1 Å². The average Bonchev–Trinajstić information content (AvgIpc) is 2.71. The quantitative estimate of drug-likeness (QED) is 0.679. The molecule has 0 saturated heterocycles. The highest BCUT2D eigenvalue weighted by Crippen LogP contribution is 2.32. The minimum atomic E-state index is 0.963. The lowest BCUT2D eigenvalue weighted by Gasteiger charge is -2.12. The summed E-state index contributed by atoms with van der Waals surface area (Å²) in [5.74, 6) is 0. The van der Waals surface area contributed by atoms with Crippen LogP contribution in [0.3, 0.4) is 0 Å². The fourth-order valence-electron chi connectivity index (χ4n) is 3.13. The second kappa shape index (κ2) is 6.13. The molecule has 0 N–H and O–H groups in total. The summed E-state index contributed by atoms with van der Waals surface area (Å²) in [5.41, 5.74) is 5.00. The van der Waals surface area contributed by atoms with Crippen molar-refractivity contribution in [3.05, 3.63) is 40.0 Å². The lowest BCUT2D eigenvalue weighted by atomic mass is 10.0. The zero-order valence-corrected chi connectivity index (χ0v) is 13.0. The third-order valence-electron chi connectivity index (χ3n) is 4.33. The van der Waals surface area contributed by atoms with Gasteiger partial charge in [-0.2, -0.15) is 0 Å². The Kier molecular flexibility index (Phi) is 4.26. The van der Waals surface area contributed by atoms with E-state index in [9.17, 15) is 0 Å². The van der Waals surface area contributed by atoms with Gasteiger partial charge in [0.05, 0.1) is 10.5 Å². The van der Waals surface area contributed by atoms with Crippen LogP contribution in [0.2, 0.25) is 5.02 Å². The Labute approximate surface area is 126 Å². The van der Waals surface area contributed by atoms with Crippen LogP contribution in [0.1, 0.15) is 55.8 Å². The van der Waals surface area contributed by atoms with Gasteiger partial charge in [-0.3, -0.25) is 4.98 Å². The van der Waals surface area contributed by atoms with E-state index in [1.807, 2.05) is 0 Å². The first-order valence-corrected chi connectivity index (χ1v) is 8.27. The fourth-order valence-corrected chi connectivity index (χ4v) is 3.48. The zero-order chi connectivity index (χ0) is 13.9. The third-order valence-corrected chi connectivity index (χ3v) is 4.76. The Bertz CT molecular complexity index is 618. The molecule has 0 saturated carbocycles. The van der Waals surface area contributed by atoms with E-state index in [1.54, 1.807) is 0 Å². The van der Waals surface area contributed by atoms with Gasteiger partial charge in [-0.15, -0.1) is 0 Å². The highest BCUT2D eigenvalue weighted by Gasteiger charge is 2.16. The van der Waals surface area contributed by atoms with Crippen LogP contribution in [-0.2, 0) is 19.3 Å². The fraction of sp³-hybridized carbons (Fsp3) is 0.500. The van der Waals surface area contributed by atoms with Crippen molar-refractivity contribution in [1.29, 1.82) is 0 Å². The number of pyridine rings is 1. The number of rotatable bonds is 3. The number of benzene rings is 1. The first kappa shape index (κ1) is 13.9. The van der Waals surface area contributed by atoms with Crippen molar-refractivity contribution >= 4 is 22.5 Å². The normalized spacial score (nSPS) is 15.1. The number of aromatic nitrogens is 1. The lowest BCUT2D eigenvalue weighted by Crippen LogP contribution is -1.98. The van der Waals surface area contributed by atoms with Gasteiger partial charge in [0.1, 0.15) is 0 Å². The summed E-state index contributed by atoms with van der Waals surface area (Å²) in [6.07, 6.45) is 9.57. The van der Waals surface area contributed by atoms with Crippen molar-refractivity contribution in [2.24, 2.45) is 0 Å². The van der Waals surface area contributed by atoms with Gasteiger partial charge >= 0.3 is 0 Å². The van der Waals surface area contributed by atoms with Crippen molar-refractivity contribution in [3.8, 4) is 0 Å². The second-order valence-corrected chi connectivity index (χ2v) is 6.24. The first-order chi connectivity index (χ1) is 9.79. The lowest BCUT2D eigenvalue weighted by molar-refractivity contribution is 0.709. The maximum atomic E-state index is 6.70. The standard InChI is InChI=1S/C18H22ClN/c1-2-3-7-13-10-11-17-15(12-13)18(19)14-8-5-4-6-9-16(14)20-17/h10-12H,2-9H2,1H3. The smallest absolute Gasteiger partial charge is 0.0720 e. The van der Waals surface area contributed by atoms with Crippen LogP contribution in [0, 0.1) is 0 Å². The van der Waals surface area contributed by atoms with Gasteiger partial charge < -0.3 is 0 Å². The molecule has 1 aromatic heterocycles. The largest absolute Gasteiger partial charge is 0.252 e. The average molecular weight is 288 g/mol. The van der Waals surface area contributed by atoms with Gasteiger partial charge in [-0.1, -0.05) is 37.4 Å². The van der Waals surface area contributed by atoms with Crippen molar-refractivity contribution in [3.63, 3.8) is 0 Å². The van der Waals surface area contributed by atoms with Crippen molar-refractivity contribution in [2.45, 2.75) is 58.3 Å². The molecule has 0 fully saturated rings. The minimum absolute atomic E-state index is 0.963. The molecule has 1 aliphatic rings. The molecular weight excluding hydrogens is 266 g/mol. The molecule has 0 aliphatic heterocycles. The number of nitrogens with zero attached hydrogens (tertiary/aromatic N) is 1. The Balaban J connectivity index is 2.08. The number of hydrogen-bond acceptors (Lipinski definition) is 1. The van der Waals surface area contributed by atoms with E-state index in [4.69, 9.17) is 16.6 Å². The van der Waals surface area contributed by atoms with Crippen LogP contribution in [0.5, 0.6) is 0 Å². The molecule has 1 nitrogen and oxygen atoms in total. The molecular formula is C18H22ClN. The van der Waals surface area contributed by atoms with E-state index < -0.39 is 0 Å². The van der Waals surface area contributed by atoms with Crippen LogP contribution in [0.4, 0.5) is 0 Å². The molecule has 106 valence electrons. The molecule has 0 amide bonds. The molecule has 0 atom stereocenters. The molecule has 20 heavy (non-hydrogen) atoms. The number of hydrogen-bond donors (Lipinski definition) is 0. The first-order valence-electron chi connectivity index (χ1n) is 7.89. The molecule has 0 bridgehead atoms. The number of halogens is 1. The van der Waals surface area contributed by atoms with Gasteiger partial charge in [0.2, 0.25) is 0 Å². The topological polar surface area (TPSA) is 12.9 Å². The summed E-state index contributed by atoms with van der Waals surface area (Å²) in [6.45, 7) is 2.23. The van der Waals surface area contributed by atoms with Crippen LogP contribution < -0.4 is 0 Å². The van der Waals surface area contributed by atoms with E-state index >= 15 is 0 Å². The van der Waals surface area contributed by atoms with Crippen molar-refractivity contribution in [2.75, 3.05) is 0 Å². The molecule has 0 spiro atoms. The highest BCUT2D eigenvalue weighted by molar-refractivity contribution is 6.36. The molecule has 2 heteroatoms. The Morgan fingerprint density at radius 3 is 2.85 bits per heavy atom. The molecule has 3 rings (SSSR count). The Morgan fingerprint density at radius 1 is 1.15 bits per heavy atom. The van der Waals surface area contributed by atoms with E-state index in [0.717, 1.165) is 35.2 Å². The molecule has 1 aliphatic carbocycles. The van der Waals surface area contributed by atoms with Crippen molar-refractivity contribution < 1.29 is 0 Å². The summed E-state index contributed by atoms with van der Waals surface area (Å²) < 4.78 is 0. The maximum Gasteiger partial charge on any atom is 0.0720 e. The molecule has 0 radical (unpaired) electrons. The molecule has 1 heterocycles. The van der Waals surface area contributed by atoms with Crippen LogP contribution in [0.15, 0.2) is 18.2 Å². The monoisotopic (exact) mass is 287 g/mol. The Hall–Kier alpha value is -1.08.